The summed E-state index contributed by atoms with van der Waals surface area (Å²) in [5, 5.41) is 48.5. The summed E-state index contributed by atoms with van der Waals surface area (Å²) in [4.78, 5) is 40.2. The van der Waals surface area contributed by atoms with E-state index < -0.39 is 106 Å². The number of epoxide rings is 1. The molecule has 3 heterocycles. The molecule has 45 heavy (non-hydrogen) atoms. The Morgan fingerprint density at radius 1 is 1.07 bits per heavy atom. The largest absolute Gasteiger partial charge is 0.472 e. The molecule has 1 aromatic heterocycles. The van der Waals surface area contributed by atoms with Crippen molar-refractivity contribution in [2.75, 3.05) is 6.61 Å². The zero-order chi connectivity index (χ0) is 32.6. The minimum atomic E-state index is -1.63. The van der Waals surface area contributed by atoms with Crippen molar-refractivity contribution in [3.8, 4) is 0 Å². The molecule has 6 fully saturated rings. The van der Waals surface area contributed by atoms with E-state index in [4.69, 9.17) is 23.4 Å². The summed E-state index contributed by atoms with van der Waals surface area (Å²) in [6, 6.07) is 1.81. The number of hydrogen-bond donors (Lipinski definition) is 4. The smallest absolute Gasteiger partial charge is 0.310 e. The molecule has 4 aliphatic carbocycles. The van der Waals surface area contributed by atoms with E-state index in [0.717, 1.165) is 12.5 Å². The van der Waals surface area contributed by atoms with Crippen LogP contribution in [0.5, 0.6) is 0 Å². The fourth-order valence-electron chi connectivity index (χ4n) is 11.2. The molecule has 6 aliphatic rings. The van der Waals surface area contributed by atoms with Crippen molar-refractivity contribution in [2.24, 2.45) is 39.4 Å². The van der Waals surface area contributed by atoms with Crippen LogP contribution in [0.3, 0.4) is 0 Å². The molecule has 12 heteroatoms. The Bertz CT molecular complexity index is 1410. The third-order valence-corrected chi connectivity index (χ3v) is 13.6. The number of carbonyl (C=O) groups is 3. The molecule has 4 saturated carbocycles. The predicted octanol–water partition coefficient (Wildman–Crippen LogP) is 1.46. The molecule has 7 rings (SSSR count). The Morgan fingerprint density at radius 3 is 2.40 bits per heavy atom. The van der Waals surface area contributed by atoms with E-state index in [1.165, 1.54) is 0 Å². The number of aliphatic hydroxyl groups excluding tert-OH is 4. The van der Waals surface area contributed by atoms with Gasteiger partial charge in [0, 0.05) is 35.0 Å². The fraction of sp³-hybridized carbons (Fsp3) is 0.788. The highest BCUT2D eigenvalue weighted by molar-refractivity contribution is 5.91. The molecule has 248 valence electrons. The Morgan fingerprint density at radius 2 is 1.78 bits per heavy atom. The van der Waals surface area contributed by atoms with E-state index in [9.17, 15) is 34.8 Å². The maximum atomic E-state index is 14.9. The first kappa shape index (κ1) is 31.3. The van der Waals surface area contributed by atoms with Gasteiger partial charge in [-0.15, -0.1) is 0 Å². The third kappa shape index (κ3) is 3.36. The lowest BCUT2D eigenvalue weighted by atomic mass is 9.33. The van der Waals surface area contributed by atoms with Crippen molar-refractivity contribution in [1.82, 2.24) is 0 Å². The van der Waals surface area contributed by atoms with Gasteiger partial charge in [-0.05, 0) is 36.8 Å². The minimum Gasteiger partial charge on any atom is -0.472 e. The summed E-state index contributed by atoms with van der Waals surface area (Å²) in [6.45, 7) is 9.62. The number of carbonyl (C=O) groups excluding carboxylic acids is 3. The summed E-state index contributed by atoms with van der Waals surface area (Å²) in [7, 11) is 0. The predicted molar refractivity (Wildman–Crippen MR) is 152 cm³/mol. The van der Waals surface area contributed by atoms with Crippen molar-refractivity contribution >= 4 is 17.7 Å². The molecule has 0 aromatic carbocycles. The van der Waals surface area contributed by atoms with Gasteiger partial charge in [0.25, 0.3) is 0 Å². The van der Waals surface area contributed by atoms with E-state index in [1.807, 2.05) is 19.9 Å². The highest BCUT2D eigenvalue weighted by Crippen LogP contribution is 2.82. The van der Waals surface area contributed by atoms with E-state index in [0.29, 0.717) is 12.8 Å². The monoisotopic (exact) mass is 632 g/mol. The number of rotatable bonds is 5. The SMILES string of the molecule is CCC(C)C(=O)OC1OC[C@@]23[C@H]4C(=O)[C@H](O)[C@@]5(C)[C@H](c6ccoc6)C[C@H]6O[C@]65[C@]4(C)[C@H](O)C[C@H]2[C@@]1(C)[C@H](O)[C@H](OC(C)=O)[C@@H]3O. The third-order valence-electron chi connectivity index (χ3n) is 13.6. The van der Waals surface area contributed by atoms with E-state index in [2.05, 4.69) is 0 Å². The molecule has 2 bridgehead atoms. The lowest BCUT2D eigenvalue weighted by Gasteiger charge is -2.73. The average molecular weight is 633 g/mol. The molecule has 1 spiro atoms. The van der Waals surface area contributed by atoms with Gasteiger partial charge in [0.1, 0.15) is 23.9 Å². The lowest BCUT2D eigenvalue weighted by molar-refractivity contribution is -0.391. The zero-order valence-corrected chi connectivity index (χ0v) is 26.5. The molecule has 2 unspecified atom stereocenters. The number of furan rings is 1. The average Bonchev–Trinajstić information content (AvgIpc) is 3.35. The van der Waals surface area contributed by atoms with Gasteiger partial charge in [0.05, 0.1) is 42.7 Å². The van der Waals surface area contributed by atoms with Gasteiger partial charge >= 0.3 is 11.9 Å². The molecule has 0 amide bonds. The van der Waals surface area contributed by atoms with Crippen LogP contribution in [-0.2, 0) is 33.3 Å². The maximum Gasteiger partial charge on any atom is 0.310 e. The van der Waals surface area contributed by atoms with E-state index in [-0.39, 0.29) is 18.9 Å². The molecule has 16 atom stereocenters. The van der Waals surface area contributed by atoms with Crippen molar-refractivity contribution in [1.29, 1.82) is 0 Å². The quantitative estimate of drug-likeness (QED) is 0.271. The topological polar surface area (TPSA) is 185 Å². The molecular formula is C33H44O12. The first-order chi connectivity index (χ1) is 21.1. The van der Waals surface area contributed by atoms with Gasteiger partial charge < -0.3 is 43.8 Å². The molecular weight excluding hydrogens is 588 g/mol. The summed E-state index contributed by atoms with van der Waals surface area (Å²) in [6.07, 6.45) is -5.05. The Kier molecular flexibility index (Phi) is 6.67. The second-order valence-corrected chi connectivity index (χ2v) is 15.1. The lowest BCUT2D eigenvalue weighted by Crippen LogP contribution is -2.84. The molecule has 2 saturated heterocycles. The molecule has 4 N–H and O–H groups in total. The first-order valence-corrected chi connectivity index (χ1v) is 16.0. The number of hydrogen-bond acceptors (Lipinski definition) is 12. The Balaban J connectivity index is 1.40. The van der Waals surface area contributed by atoms with Crippen LogP contribution in [0.1, 0.15) is 72.3 Å². The van der Waals surface area contributed by atoms with Crippen LogP contribution in [0.15, 0.2) is 23.0 Å². The van der Waals surface area contributed by atoms with Crippen LogP contribution in [0.4, 0.5) is 0 Å². The minimum absolute atomic E-state index is 0.00118. The normalized spacial score (nSPS) is 53.3. The van der Waals surface area contributed by atoms with Gasteiger partial charge in [-0.25, -0.2) is 0 Å². The zero-order valence-electron chi connectivity index (χ0n) is 26.5. The highest BCUT2D eigenvalue weighted by atomic mass is 16.7. The van der Waals surface area contributed by atoms with Crippen LogP contribution in [0.25, 0.3) is 0 Å². The van der Waals surface area contributed by atoms with Gasteiger partial charge in [-0.1, -0.05) is 34.6 Å². The first-order valence-electron chi connectivity index (χ1n) is 16.0. The van der Waals surface area contributed by atoms with Crippen LogP contribution >= 0.6 is 0 Å². The number of aliphatic hydroxyl groups is 4. The van der Waals surface area contributed by atoms with Crippen LogP contribution < -0.4 is 0 Å². The molecule has 2 aliphatic heterocycles. The van der Waals surface area contributed by atoms with Crippen LogP contribution in [-0.4, -0.2) is 93.3 Å². The Labute approximate surface area is 261 Å². The van der Waals surface area contributed by atoms with Crippen LogP contribution in [0.2, 0.25) is 0 Å². The van der Waals surface area contributed by atoms with Gasteiger partial charge in [-0.2, -0.15) is 0 Å². The Hall–Kier alpha value is -2.35. The summed E-state index contributed by atoms with van der Waals surface area (Å²) < 4.78 is 29.6. The summed E-state index contributed by atoms with van der Waals surface area (Å²) >= 11 is 0. The standard InChI is InChI=1S/C33H44O12/c1-7-14(2)27(40)44-28-29(4)18-11-19(35)31(6)23(32(18,13-42-28)26(39)22(25(29)38)43-15(3)34)21(36)24(37)30(5)17(16-8-9-41-12-16)10-20-33(30,31)45-20/h8-9,12,14,17-20,22-26,28,35,37-39H,7,10-11,13H2,1-6H3/t14?,17-,18-,19+,20+,22-,23-,24-,25+,26-,28?,29-,30+,31+,32-,33+/m0/s1. The number of ether oxygens (including phenoxy) is 4. The number of esters is 2. The van der Waals surface area contributed by atoms with Crippen LogP contribution in [0, 0.1) is 39.4 Å². The van der Waals surface area contributed by atoms with Gasteiger partial charge in [0.2, 0.25) is 6.29 Å². The molecule has 1 aromatic rings. The maximum absolute atomic E-state index is 14.9. The van der Waals surface area contributed by atoms with Crippen molar-refractivity contribution in [3.05, 3.63) is 24.2 Å². The summed E-state index contributed by atoms with van der Waals surface area (Å²) in [5.74, 6) is -4.76. The van der Waals surface area contributed by atoms with Crippen molar-refractivity contribution < 1.29 is 58.2 Å². The van der Waals surface area contributed by atoms with Gasteiger partial charge in [0.15, 0.2) is 11.9 Å². The van der Waals surface area contributed by atoms with Gasteiger partial charge in [-0.3, -0.25) is 14.4 Å². The van der Waals surface area contributed by atoms with E-state index >= 15 is 0 Å². The highest BCUT2D eigenvalue weighted by Gasteiger charge is 2.92. The second kappa shape index (κ2) is 9.60. The summed E-state index contributed by atoms with van der Waals surface area (Å²) in [5.41, 5.74) is -5.88. The second-order valence-electron chi connectivity index (χ2n) is 15.1. The molecule has 0 radical (unpaired) electrons. The number of Topliss-reactive ketones (excluding diaryl/α,β-unsaturated/α-hetero) is 1. The molecule has 12 nitrogen and oxygen atoms in total. The van der Waals surface area contributed by atoms with E-state index in [1.54, 1.807) is 33.3 Å². The number of ketones is 1. The van der Waals surface area contributed by atoms with Crippen molar-refractivity contribution in [2.45, 2.75) is 115 Å². The fourth-order valence-corrected chi connectivity index (χ4v) is 11.2. The number of fused-ring (bicyclic) bond motifs is 1. The van der Waals surface area contributed by atoms with Crippen molar-refractivity contribution in [3.63, 3.8) is 0 Å².